The number of hydrogen-bond acceptors (Lipinski definition) is 2. The lowest BCUT2D eigenvalue weighted by Crippen LogP contribution is -2.00. The molecule has 0 spiro atoms. The molecular formula is C17H18BrN3. The Hall–Kier alpha value is -1.65. The van der Waals surface area contributed by atoms with Crippen molar-refractivity contribution in [1.29, 1.82) is 0 Å². The first kappa shape index (κ1) is 14.3. The Morgan fingerprint density at radius 2 is 1.90 bits per heavy atom. The van der Waals surface area contributed by atoms with Crippen molar-refractivity contribution < 1.29 is 0 Å². The highest BCUT2D eigenvalue weighted by Crippen LogP contribution is 2.27. The molecule has 1 heterocycles. The summed E-state index contributed by atoms with van der Waals surface area (Å²) in [6, 6.07) is 14.6. The molecule has 21 heavy (non-hydrogen) atoms. The Bertz CT molecular complexity index is 760. The van der Waals surface area contributed by atoms with Crippen LogP contribution in [0.4, 0.5) is 0 Å². The predicted octanol–water partition coefficient (Wildman–Crippen LogP) is 4.33. The quantitative estimate of drug-likeness (QED) is 0.765. The third kappa shape index (κ3) is 2.74. The van der Waals surface area contributed by atoms with Crippen LogP contribution in [0.3, 0.4) is 0 Å². The van der Waals surface area contributed by atoms with Gasteiger partial charge in [-0.05, 0) is 30.2 Å². The molecule has 3 rings (SSSR count). The molecule has 0 fully saturated rings. The van der Waals surface area contributed by atoms with Crippen LogP contribution in [0.2, 0.25) is 0 Å². The van der Waals surface area contributed by atoms with Gasteiger partial charge in [0, 0.05) is 23.1 Å². The molecule has 0 saturated heterocycles. The van der Waals surface area contributed by atoms with Crippen molar-refractivity contribution in [2.45, 2.75) is 26.4 Å². The van der Waals surface area contributed by atoms with Gasteiger partial charge < -0.3 is 10.3 Å². The molecule has 2 aromatic carbocycles. The van der Waals surface area contributed by atoms with Crippen LogP contribution in [0, 0.1) is 0 Å². The van der Waals surface area contributed by atoms with Gasteiger partial charge in [-0.3, -0.25) is 0 Å². The highest BCUT2D eigenvalue weighted by Gasteiger charge is 2.12. The van der Waals surface area contributed by atoms with E-state index in [1.54, 1.807) is 0 Å². The third-order valence-electron chi connectivity index (χ3n) is 3.61. The number of aromatic nitrogens is 2. The number of nitrogens with two attached hydrogens (primary N) is 1. The minimum atomic E-state index is 0.568. The van der Waals surface area contributed by atoms with Gasteiger partial charge in [-0.25, -0.2) is 4.98 Å². The number of benzene rings is 2. The summed E-state index contributed by atoms with van der Waals surface area (Å²) in [6.07, 6.45) is 1.08. The molecule has 0 atom stereocenters. The Morgan fingerprint density at radius 1 is 1.14 bits per heavy atom. The lowest BCUT2D eigenvalue weighted by Gasteiger charge is -2.08. The smallest absolute Gasteiger partial charge is 0.141 e. The van der Waals surface area contributed by atoms with E-state index in [-0.39, 0.29) is 0 Å². The van der Waals surface area contributed by atoms with Crippen molar-refractivity contribution in [3.8, 4) is 11.4 Å². The summed E-state index contributed by atoms with van der Waals surface area (Å²) in [5, 5.41) is 0. The van der Waals surface area contributed by atoms with Crippen LogP contribution in [0.1, 0.15) is 18.9 Å². The van der Waals surface area contributed by atoms with Gasteiger partial charge in [0.15, 0.2) is 0 Å². The summed E-state index contributed by atoms with van der Waals surface area (Å²) in [5.41, 5.74) is 10.1. The number of aryl methyl sites for hydroxylation is 1. The van der Waals surface area contributed by atoms with Crippen LogP contribution < -0.4 is 5.73 Å². The van der Waals surface area contributed by atoms with Crippen molar-refractivity contribution in [2.75, 3.05) is 0 Å². The van der Waals surface area contributed by atoms with Crippen molar-refractivity contribution in [3.63, 3.8) is 0 Å². The fraction of sp³-hybridized carbons (Fsp3) is 0.235. The van der Waals surface area contributed by atoms with Crippen molar-refractivity contribution in [1.82, 2.24) is 9.55 Å². The van der Waals surface area contributed by atoms with Gasteiger partial charge in [0.1, 0.15) is 5.82 Å². The van der Waals surface area contributed by atoms with Crippen molar-refractivity contribution in [2.24, 2.45) is 5.73 Å². The van der Waals surface area contributed by atoms with E-state index in [9.17, 15) is 0 Å². The van der Waals surface area contributed by atoms with E-state index in [2.05, 4.69) is 69.9 Å². The minimum absolute atomic E-state index is 0.568. The molecular weight excluding hydrogens is 326 g/mol. The Labute approximate surface area is 132 Å². The lowest BCUT2D eigenvalue weighted by molar-refractivity contribution is 0.704. The van der Waals surface area contributed by atoms with Gasteiger partial charge in [0.25, 0.3) is 0 Å². The molecule has 0 aliphatic rings. The standard InChI is InChI=1S/C17H18BrN3/c1-2-9-21-16-8-7-14(18)10-15(16)20-17(21)13-5-3-12(11-19)4-6-13/h3-8,10H,2,9,11,19H2,1H3. The van der Waals surface area contributed by atoms with Gasteiger partial charge in [0.2, 0.25) is 0 Å². The molecule has 0 aliphatic carbocycles. The zero-order chi connectivity index (χ0) is 14.8. The summed E-state index contributed by atoms with van der Waals surface area (Å²) in [4.78, 5) is 4.82. The molecule has 3 aromatic rings. The topological polar surface area (TPSA) is 43.8 Å². The summed E-state index contributed by atoms with van der Waals surface area (Å²) in [5.74, 6) is 1.02. The van der Waals surface area contributed by atoms with E-state index in [0.29, 0.717) is 6.54 Å². The third-order valence-corrected chi connectivity index (χ3v) is 4.10. The van der Waals surface area contributed by atoms with Crippen LogP contribution in [-0.2, 0) is 13.1 Å². The lowest BCUT2D eigenvalue weighted by atomic mass is 10.1. The van der Waals surface area contributed by atoms with Crippen LogP contribution in [0.25, 0.3) is 22.4 Å². The zero-order valence-corrected chi connectivity index (χ0v) is 13.6. The molecule has 0 bridgehead atoms. The van der Waals surface area contributed by atoms with E-state index < -0.39 is 0 Å². The molecule has 0 unspecified atom stereocenters. The highest BCUT2D eigenvalue weighted by atomic mass is 79.9. The first-order valence-electron chi connectivity index (χ1n) is 7.18. The highest BCUT2D eigenvalue weighted by molar-refractivity contribution is 9.10. The first-order valence-corrected chi connectivity index (χ1v) is 7.97. The van der Waals surface area contributed by atoms with E-state index >= 15 is 0 Å². The summed E-state index contributed by atoms with van der Waals surface area (Å²) >= 11 is 3.52. The number of fused-ring (bicyclic) bond motifs is 1. The summed E-state index contributed by atoms with van der Waals surface area (Å²) in [6.45, 7) is 3.72. The predicted molar refractivity (Wildman–Crippen MR) is 91.1 cm³/mol. The average molecular weight is 344 g/mol. The van der Waals surface area contributed by atoms with Gasteiger partial charge in [0.05, 0.1) is 11.0 Å². The number of hydrogen-bond donors (Lipinski definition) is 1. The molecule has 0 amide bonds. The second-order valence-corrected chi connectivity index (χ2v) is 6.04. The monoisotopic (exact) mass is 343 g/mol. The van der Waals surface area contributed by atoms with Crippen LogP contribution in [-0.4, -0.2) is 9.55 Å². The number of imidazole rings is 1. The fourth-order valence-electron chi connectivity index (χ4n) is 2.56. The van der Waals surface area contributed by atoms with Crippen LogP contribution in [0.5, 0.6) is 0 Å². The second-order valence-electron chi connectivity index (χ2n) is 5.12. The number of halogens is 1. The Morgan fingerprint density at radius 3 is 2.57 bits per heavy atom. The Kier molecular flexibility index (Phi) is 4.08. The zero-order valence-electron chi connectivity index (χ0n) is 12.0. The molecule has 2 N–H and O–H groups in total. The maximum Gasteiger partial charge on any atom is 0.141 e. The van der Waals surface area contributed by atoms with E-state index in [1.165, 1.54) is 5.52 Å². The van der Waals surface area contributed by atoms with Gasteiger partial charge in [-0.1, -0.05) is 47.1 Å². The SMILES string of the molecule is CCCn1c(-c2ccc(CN)cc2)nc2cc(Br)ccc21. The molecule has 0 radical (unpaired) electrons. The van der Waals surface area contributed by atoms with Crippen LogP contribution >= 0.6 is 15.9 Å². The maximum absolute atomic E-state index is 5.67. The van der Waals surface area contributed by atoms with Gasteiger partial charge in [-0.15, -0.1) is 0 Å². The molecule has 0 saturated carbocycles. The van der Waals surface area contributed by atoms with Gasteiger partial charge in [-0.2, -0.15) is 0 Å². The number of rotatable bonds is 4. The minimum Gasteiger partial charge on any atom is -0.326 e. The molecule has 4 heteroatoms. The molecule has 3 nitrogen and oxygen atoms in total. The van der Waals surface area contributed by atoms with E-state index in [0.717, 1.165) is 39.9 Å². The average Bonchev–Trinajstić information content (AvgIpc) is 2.85. The second kappa shape index (κ2) is 6.00. The van der Waals surface area contributed by atoms with E-state index in [4.69, 9.17) is 10.7 Å². The summed E-state index contributed by atoms with van der Waals surface area (Å²) in [7, 11) is 0. The molecule has 1 aromatic heterocycles. The Balaban J connectivity index is 2.17. The maximum atomic E-state index is 5.67. The van der Waals surface area contributed by atoms with Crippen molar-refractivity contribution >= 4 is 27.0 Å². The van der Waals surface area contributed by atoms with Gasteiger partial charge >= 0.3 is 0 Å². The molecule has 0 aliphatic heterocycles. The fourth-order valence-corrected chi connectivity index (χ4v) is 2.91. The van der Waals surface area contributed by atoms with Crippen LogP contribution in [0.15, 0.2) is 46.9 Å². The van der Waals surface area contributed by atoms with E-state index in [1.807, 2.05) is 0 Å². The first-order chi connectivity index (χ1) is 10.2. The largest absolute Gasteiger partial charge is 0.326 e. The normalized spacial score (nSPS) is 11.2. The number of nitrogens with zero attached hydrogens (tertiary/aromatic N) is 2. The summed E-state index contributed by atoms with van der Waals surface area (Å²) < 4.78 is 3.35. The van der Waals surface area contributed by atoms with Crippen molar-refractivity contribution in [3.05, 3.63) is 52.5 Å². The molecule has 108 valence electrons.